The normalized spacial score (nSPS) is 11.6. The van der Waals surface area contributed by atoms with E-state index in [-0.39, 0.29) is 6.10 Å². The highest BCUT2D eigenvalue weighted by molar-refractivity contribution is 5.00. The summed E-state index contributed by atoms with van der Waals surface area (Å²) in [4.78, 5) is 0. The van der Waals surface area contributed by atoms with Crippen molar-refractivity contribution in [3.8, 4) is 11.8 Å². The third kappa shape index (κ3) is 11.2. The molecule has 0 aliphatic carbocycles. The number of unbranched alkanes of at least 4 members (excludes halogenated alkanes) is 4. The van der Waals surface area contributed by atoms with Crippen molar-refractivity contribution in [2.24, 2.45) is 0 Å². The molecule has 0 aromatic rings. The molecule has 0 rings (SSSR count). The van der Waals surface area contributed by atoms with Crippen molar-refractivity contribution in [1.82, 2.24) is 0 Å². The van der Waals surface area contributed by atoms with Crippen molar-refractivity contribution in [3.63, 3.8) is 0 Å². The van der Waals surface area contributed by atoms with Crippen molar-refractivity contribution >= 4 is 0 Å². The molecule has 0 spiro atoms. The fourth-order valence-electron chi connectivity index (χ4n) is 1.33. The molecule has 1 unspecified atom stereocenters. The highest BCUT2D eigenvalue weighted by atomic mass is 16.3. The van der Waals surface area contributed by atoms with Gasteiger partial charge in [-0.05, 0) is 19.3 Å². The van der Waals surface area contributed by atoms with Gasteiger partial charge in [-0.3, -0.25) is 0 Å². The number of allylic oxidation sites excluding steroid dienone is 1. The molecule has 0 saturated carbocycles. The van der Waals surface area contributed by atoms with Gasteiger partial charge in [-0.25, -0.2) is 0 Å². The van der Waals surface area contributed by atoms with E-state index in [0.717, 1.165) is 19.3 Å². The van der Waals surface area contributed by atoms with Crippen molar-refractivity contribution in [2.75, 3.05) is 0 Å². The number of rotatable bonds is 8. The lowest BCUT2D eigenvalue weighted by atomic mass is 10.1. The van der Waals surface area contributed by atoms with Gasteiger partial charge in [0.15, 0.2) is 0 Å². The quantitative estimate of drug-likeness (QED) is 0.366. The maximum absolute atomic E-state index is 9.47. The summed E-state index contributed by atoms with van der Waals surface area (Å²) in [6, 6.07) is 0. The maximum Gasteiger partial charge on any atom is 0.0652 e. The minimum Gasteiger partial charge on any atom is -0.392 e. The van der Waals surface area contributed by atoms with Crippen molar-refractivity contribution in [2.45, 2.75) is 64.4 Å². The van der Waals surface area contributed by atoms with Crippen LogP contribution in [0.5, 0.6) is 0 Å². The van der Waals surface area contributed by atoms with Gasteiger partial charge in [-0.15, -0.1) is 18.4 Å². The standard InChI is InChI=1S/C14H24O/c1-3-5-7-8-9-10-11-13-14(15)12-6-4-2/h4,14-15H,2-3,5-9,12-13H2,1H3. The predicted molar refractivity (Wildman–Crippen MR) is 66.6 cm³/mol. The van der Waals surface area contributed by atoms with Crippen LogP contribution in [0.2, 0.25) is 0 Å². The van der Waals surface area contributed by atoms with Crippen LogP contribution >= 0.6 is 0 Å². The lowest BCUT2D eigenvalue weighted by Gasteiger charge is -2.02. The third-order valence-electron chi connectivity index (χ3n) is 2.32. The topological polar surface area (TPSA) is 20.2 Å². The second-order valence-corrected chi connectivity index (χ2v) is 3.89. The van der Waals surface area contributed by atoms with Crippen LogP contribution in [-0.4, -0.2) is 11.2 Å². The summed E-state index contributed by atoms with van der Waals surface area (Å²) in [5.74, 6) is 6.15. The van der Waals surface area contributed by atoms with Gasteiger partial charge in [-0.2, -0.15) is 0 Å². The van der Waals surface area contributed by atoms with Crippen LogP contribution in [0, 0.1) is 11.8 Å². The Balaban J connectivity index is 3.32. The molecule has 86 valence electrons. The number of aliphatic hydroxyl groups excluding tert-OH is 1. The van der Waals surface area contributed by atoms with E-state index >= 15 is 0 Å². The molecule has 1 atom stereocenters. The van der Waals surface area contributed by atoms with Crippen LogP contribution in [0.4, 0.5) is 0 Å². The van der Waals surface area contributed by atoms with Gasteiger partial charge in [0.05, 0.1) is 6.10 Å². The minimum absolute atomic E-state index is 0.272. The van der Waals surface area contributed by atoms with Crippen molar-refractivity contribution < 1.29 is 5.11 Å². The Morgan fingerprint density at radius 2 is 2.07 bits per heavy atom. The summed E-state index contributed by atoms with van der Waals surface area (Å²) in [7, 11) is 0. The van der Waals surface area contributed by atoms with E-state index in [2.05, 4.69) is 25.3 Å². The number of aliphatic hydroxyl groups is 1. The molecule has 0 aromatic heterocycles. The lowest BCUT2D eigenvalue weighted by molar-refractivity contribution is 0.171. The van der Waals surface area contributed by atoms with Crippen LogP contribution in [0.1, 0.15) is 58.3 Å². The molecule has 0 amide bonds. The summed E-state index contributed by atoms with van der Waals surface area (Å²) in [6.07, 6.45) is 9.88. The van der Waals surface area contributed by atoms with Gasteiger partial charge in [0, 0.05) is 12.8 Å². The van der Waals surface area contributed by atoms with Gasteiger partial charge in [0.2, 0.25) is 0 Å². The lowest BCUT2D eigenvalue weighted by Crippen LogP contribution is -2.03. The molecular formula is C14H24O. The van der Waals surface area contributed by atoms with Crippen molar-refractivity contribution in [1.29, 1.82) is 0 Å². The van der Waals surface area contributed by atoms with Gasteiger partial charge in [-0.1, -0.05) is 32.3 Å². The van der Waals surface area contributed by atoms with Gasteiger partial charge >= 0.3 is 0 Å². The zero-order valence-corrected chi connectivity index (χ0v) is 9.97. The Kier molecular flexibility index (Phi) is 10.8. The van der Waals surface area contributed by atoms with E-state index in [0.29, 0.717) is 6.42 Å². The van der Waals surface area contributed by atoms with Crippen LogP contribution in [0.3, 0.4) is 0 Å². The van der Waals surface area contributed by atoms with E-state index in [4.69, 9.17) is 0 Å². The predicted octanol–water partition coefficient (Wildman–Crippen LogP) is 3.68. The molecule has 0 fully saturated rings. The Morgan fingerprint density at radius 3 is 2.73 bits per heavy atom. The maximum atomic E-state index is 9.47. The third-order valence-corrected chi connectivity index (χ3v) is 2.32. The summed E-state index contributed by atoms with van der Waals surface area (Å²) in [6.45, 7) is 5.83. The average Bonchev–Trinajstić information content (AvgIpc) is 2.25. The molecule has 0 bridgehead atoms. The van der Waals surface area contributed by atoms with E-state index in [1.54, 1.807) is 0 Å². The van der Waals surface area contributed by atoms with Crippen LogP contribution in [0.25, 0.3) is 0 Å². The first-order chi connectivity index (χ1) is 7.31. The average molecular weight is 208 g/mol. The SMILES string of the molecule is C=CCCC(O)CC#CCCCCCC. The first-order valence-electron chi connectivity index (χ1n) is 6.06. The van der Waals surface area contributed by atoms with Gasteiger partial charge in [0.25, 0.3) is 0 Å². The molecule has 0 saturated heterocycles. The van der Waals surface area contributed by atoms with Crippen molar-refractivity contribution in [3.05, 3.63) is 12.7 Å². The van der Waals surface area contributed by atoms with Crippen LogP contribution < -0.4 is 0 Å². The molecule has 1 heteroatoms. The Labute approximate surface area is 94.6 Å². The van der Waals surface area contributed by atoms with Gasteiger partial charge < -0.3 is 5.11 Å². The molecule has 0 aliphatic heterocycles. The largest absolute Gasteiger partial charge is 0.392 e. The minimum atomic E-state index is -0.272. The first kappa shape index (κ1) is 14.3. The van der Waals surface area contributed by atoms with E-state index in [9.17, 15) is 5.11 Å². The van der Waals surface area contributed by atoms with E-state index < -0.39 is 0 Å². The molecule has 0 aliphatic rings. The van der Waals surface area contributed by atoms with E-state index in [1.165, 1.54) is 25.7 Å². The molecular weight excluding hydrogens is 184 g/mol. The summed E-state index contributed by atoms with van der Waals surface area (Å²) >= 11 is 0. The second kappa shape index (κ2) is 11.3. The van der Waals surface area contributed by atoms with Crippen LogP contribution in [-0.2, 0) is 0 Å². The van der Waals surface area contributed by atoms with E-state index in [1.807, 2.05) is 6.08 Å². The molecule has 1 N–H and O–H groups in total. The Hall–Kier alpha value is -0.740. The smallest absolute Gasteiger partial charge is 0.0652 e. The molecule has 0 heterocycles. The fourth-order valence-corrected chi connectivity index (χ4v) is 1.33. The molecule has 15 heavy (non-hydrogen) atoms. The molecule has 0 radical (unpaired) electrons. The second-order valence-electron chi connectivity index (χ2n) is 3.89. The van der Waals surface area contributed by atoms with Crippen LogP contribution in [0.15, 0.2) is 12.7 Å². The zero-order chi connectivity index (χ0) is 11.4. The Bertz CT molecular complexity index is 197. The summed E-state index contributed by atoms with van der Waals surface area (Å²) in [5, 5.41) is 9.47. The monoisotopic (exact) mass is 208 g/mol. The summed E-state index contributed by atoms with van der Waals surface area (Å²) < 4.78 is 0. The fraction of sp³-hybridized carbons (Fsp3) is 0.714. The highest BCUT2D eigenvalue weighted by Gasteiger charge is 1.98. The summed E-state index contributed by atoms with van der Waals surface area (Å²) in [5.41, 5.74) is 0. The zero-order valence-electron chi connectivity index (χ0n) is 9.97. The Morgan fingerprint density at radius 1 is 1.27 bits per heavy atom. The first-order valence-corrected chi connectivity index (χ1v) is 6.06. The number of hydrogen-bond acceptors (Lipinski definition) is 1. The highest BCUT2D eigenvalue weighted by Crippen LogP contribution is 2.03. The number of hydrogen-bond donors (Lipinski definition) is 1. The molecule has 0 aromatic carbocycles. The van der Waals surface area contributed by atoms with Gasteiger partial charge in [0.1, 0.15) is 0 Å². The molecule has 1 nitrogen and oxygen atoms in total.